The molecule has 2 aliphatic rings. The van der Waals surface area contributed by atoms with Crippen molar-refractivity contribution in [3.8, 4) is 0 Å². The Morgan fingerprint density at radius 3 is 2.43 bits per heavy atom. The summed E-state index contributed by atoms with van der Waals surface area (Å²) in [5.41, 5.74) is 1.70. The maximum Gasteiger partial charge on any atom is 0.410 e. The van der Waals surface area contributed by atoms with E-state index in [0.29, 0.717) is 31.4 Å². The van der Waals surface area contributed by atoms with E-state index in [4.69, 9.17) is 9.47 Å². The molecule has 2 unspecified atom stereocenters. The number of carbonyl (C=O) groups is 2. The highest BCUT2D eigenvalue weighted by Crippen LogP contribution is 2.70. The third kappa shape index (κ3) is 3.95. The van der Waals surface area contributed by atoms with Gasteiger partial charge in [0.15, 0.2) is 4.58 Å². The number of rotatable bonds is 4. The summed E-state index contributed by atoms with van der Waals surface area (Å²) in [4.78, 5) is 26.3. The van der Waals surface area contributed by atoms with E-state index in [9.17, 15) is 14.0 Å². The fourth-order valence-corrected chi connectivity index (χ4v) is 5.12. The molecule has 7 heteroatoms. The molecule has 1 saturated heterocycles. The van der Waals surface area contributed by atoms with Crippen LogP contribution in [-0.2, 0) is 16.1 Å². The molecule has 2 aromatic carbocycles. The number of ether oxygens (including phenoxy) is 2. The zero-order valence-electron chi connectivity index (χ0n) is 16.6. The Hall–Kier alpha value is -2.41. The standard InChI is InChI=1S/C23H23BrFNO4/c1-29-20(27)18-9-7-17(8-10-18)19-13-22(15-23(22,24)25)11-12-26(19)21(28)30-14-16-5-3-2-4-6-16/h2-10,19H,11-15H2,1H3/t19-,22?,23?/m0/s1. The van der Waals surface area contributed by atoms with E-state index in [1.54, 1.807) is 29.2 Å². The van der Waals surface area contributed by atoms with Crippen LogP contribution in [0.2, 0.25) is 0 Å². The first-order valence-corrected chi connectivity index (χ1v) is 10.7. The SMILES string of the molecule is COC(=O)c1ccc([C@@H]2CC3(CCN2C(=O)OCc2ccccc2)CC3(F)Br)cc1. The monoisotopic (exact) mass is 475 g/mol. The van der Waals surface area contributed by atoms with Crippen LogP contribution >= 0.6 is 15.9 Å². The van der Waals surface area contributed by atoms with Crippen LogP contribution < -0.4 is 0 Å². The number of hydrogen-bond acceptors (Lipinski definition) is 4. The number of hydrogen-bond donors (Lipinski definition) is 0. The van der Waals surface area contributed by atoms with Gasteiger partial charge in [-0.05, 0) is 52.0 Å². The quantitative estimate of drug-likeness (QED) is 0.438. The Balaban J connectivity index is 1.54. The summed E-state index contributed by atoms with van der Waals surface area (Å²) in [5.74, 6) is -0.425. The van der Waals surface area contributed by atoms with Gasteiger partial charge in [-0.2, -0.15) is 0 Å². The van der Waals surface area contributed by atoms with Gasteiger partial charge in [0.05, 0.1) is 18.7 Å². The van der Waals surface area contributed by atoms with E-state index < -0.39 is 22.1 Å². The highest BCUT2D eigenvalue weighted by molar-refractivity contribution is 9.10. The Kier molecular flexibility index (Phi) is 5.57. The van der Waals surface area contributed by atoms with Crippen LogP contribution in [0.3, 0.4) is 0 Å². The minimum absolute atomic E-state index is 0.181. The lowest BCUT2D eigenvalue weighted by atomic mass is 9.84. The van der Waals surface area contributed by atoms with E-state index >= 15 is 0 Å². The first-order chi connectivity index (χ1) is 14.4. The third-order valence-electron chi connectivity index (χ3n) is 6.16. The minimum Gasteiger partial charge on any atom is -0.465 e. The fraction of sp³-hybridized carbons (Fsp3) is 0.391. The molecular formula is C23H23BrFNO4. The van der Waals surface area contributed by atoms with Crippen molar-refractivity contribution >= 4 is 28.0 Å². The predicted octanol–water partition coefficient (Wildman–Crippen LogP) is 5.40. The molecule has 0 N–H and O–H groups in total. The number of likely N-dealkylation sites (tertiary alicyclic amines) is 1. The summed E-state index contributed by atoms with van der Waals surface area (Å²) >= 11 is 3.20. The number of methoxy groups -OCH3 is 1. The van der Waals surface area contributed by atoms with Crippen LogP contribution in [-0.4, -0.2) is 35.2 Å². The van der Waals surface area contributed by atoms with Gasteiger partial charge in [-0.15, -0.1) is 0 Å². The molecule has 2 fully saturated rings. The summed E-state index contributed by atoms with van der Waals surface area (Å²) in [6.45, 7) is 0.592. The molecule has 0 aromatic heterocycles. The molecule has 0 radical (unpaired) electrons. The Labute approximate surface area is 183 Å². The Morgan fingerprint density at radius 1 is 1.17 bits per heavy atom. The van der Waals surface area contributed by atoms with E-state index in [-0.39, 0.29) is 12.6 Å². The summed E-state index contributed by atoms with van der Waals surface area (Å²) < 4.78 is 23.6. The van der Waals surface area contributed by atoms with E-state index in [1.165, 1.54) is 7.11 Å². The molecule has 1 aliphatic carbocycles. The van der Waals surface area contributed by atoms with Crippen molar-refractivity contribution in [1.82, 2.24) is 4.90 Å². The molecule has 158 valence electrons. The fourth-order valence-electron chi connectivity index (χ4n) is 4.22. The molecule has 4 rings (SSSR count). The second kappa shape index (κ2) is 8.02. The third-order valence-corrected chi connectivity index (χ3v) is 7.28. The lowest BCUT2D eigenvalue weighted by molar-refractivity contribution is 0.0469. The van der Waals surface area contributed by atoms with Gasteiger partial charge < -0.3 is 14.4 Å². The van der Waals surface area contributed by atoms with Crippen LogP contribution in [0.25, 0.3) is 0 Å². The summed E-state index contributed by atoms with van der Waals surface area (Å²) in [6.07, 6.45) is 1.08. The molecule has 30 heavy (non-hydrogen) atoms. The normalized spacial score (nSPS) is 27.6. The van der Waals surface area contributed by atoms with Crippen molar-refractivity contribution in [2.24, 2.45) is 5.41 Å². The van der Waals surface area contributed by atoms with Crippen molar-refractivity contribution in [3.63, 3.8) is 0 Å². The molecular weight excluding hydrogens is 453 g/mol. The van der Waals surface area contributed by atoms with E-state index in [0.717, 1.165) is 11.1 Å². The lowest BCUT2D eigenvalue weighted by Crippen LogP contribution is -2.43. The maximum atomic E-state index is 14.7. The number of nitrogens with zero attached hydrogens (tertiary/aromatic N) is 1. The average Bonchev–Trinajstić information content (AvgIpc) is 3.30. The van der Waals surface area contributed by atoms with Gasteiger partial charge in [0, 0.05) is 18.4 Å². The van der Waals surface area contributed by atoms with Gasteiger partial charge in [-0.3, -0.25) is 0 Å². The Bertz CT molecular complexity index is 934. The highest BCUT2D eigenvalue weighted by Gasteiger charge is 2.69. The molecule has 1 amide bonds. The molecule has 3 atom stereocenters. The molecule has 1 aliphatic heterocycles. The number of alkyl halides is 2. The average molecular weight is 476 g/mol. The van der Waals surface area contributed by atoms with Crippen LogP contribution in [0.5, 0.6) is 0 Å². The van der Waals surface area contributed by atoms with Gasteiger partial charge in [0.2, 0.25) is 0 Å². The number of halogens is 2. The van der Waals surface area contributed by atoms with Crippen molar-refractivity contribution < 1.29 is 23.5 Å². The molecule has 1 saturated carbocycles. The second-order valence-corrected chi connectivity index (χ2v) is 9.24. The summed E-state index contributed by atoms with van der Waals surface area (Å²) in [7, 11) is 1.33. The highest BCUT2D eigenvalue weighted by atomic mass is 79.9. The maximum absolute atomic E-state index is 14.7. The van der Waals surface area contributed by atoms with Crippen molar-refractivity contribution in [3.05, 3.63) is 71.3 Å². The minimum atomic E-state index is -1.38. The van der Waals surface area contributed by atoms with Gasteiger partial charge in [-0.1, -0.05) is 42.5 Å². The van der Waals surface area contributed by atoms with E-state index in [2.05, 4.69) is 15.9 Å². The van der Waals surface area contributed by atoms with Gasteiger partial charge >= 0.3 is 12.1 Å². The summed E-state index contributed by atoms with van der Waals surface area (Å²) in [6, 6.07) is 16.1. The second-order valence-electron chi connectivity index (χ2n) is 7.98. The molecule has 5 nitrogen and oxygen atoms in total. The topological polar surface area (TPSA) is 55.8 Å². The van der Waals surface area contributed by atoms with E-state index in [1.807, 2.05) is 30.3 Å². The van der Waals surface area contributed by atoms with Crippen LogP contribution in [0.4, 0.5) is 9.18 Å². The van der Waals surface area contributed by atoms with Crippen LogP contribution in [0.15, 0.2) is 54.6 Å². The van der Waals surface area contributed by atoms with Crippen LogP contribution in [0, 0.1) is 5.41 Å². The number of carbonyl (C=O) groups excluding carboxylic acids is 2. The number of amides is 1. The van der Waals surface area contributed by atoms with Crippen LogP contribution in [0.1, 0.15) is 46.8 Å². The molecule has 0 bridgehead atoms. The largest absolute Gasteiger partial charge is 0.465 e. The zero-order chi connectivity index (χ0) is 21.4. The van der Waals surface area contributed by atoms with Gasteiger partial charge in [-0.25, -0.2) is 14.0 Å². The number of esters is 1. The molecule has 2 aromatic rings. The first-order valence-electron chi connectivity index (χ1n) is 9.89. The van der Waals surface area contributed by atoms with Gasteiger partial charge in [0.1, 0.15) is 6.61 Å². The summed E-state index contributed by atoms with van der Waals surface area (Å²) in [5, 5.41) is 0. The number of piperidine rings is 1. The van der Waals surface area contributed by atoms with Crippen molar-refractivity contribution in [1.29, 1.82) is 0 Å². The zero-order valence-corrected chi connectivity index (χ0v) is 18.2. The van der Waals surface area contributed by atoms with Gasteiger partial charge in [0.25, 0.3) is 0 Å². The Morgan fingerprint density at radius 2 is 1.83 bits per heavy atom. The lowest BCUT2D eigenvalue weighted by Gasteiger charge is -2.40. The first kappa shape index (κ1) is 20.8. The predicted molar refractivity (Wildman–Crippen MR) is 113 cm³/mol. The van der Waals surface area contributed by atoms with Crippen molar-refractivity contribution in [2.75, 3.05) is 13.7 Å². The number of benzene rings is 2. The smallest absolute Gasteiger partial charge is 0.410 e. The molecule has 1 spiro atoms. The van der Waals surface area contributed by atoms with Crippen molar-refractivity contribution in [2.45, 2.75) is 36.5 Å². The molecule has 1 heterocycles.